The van der Waals surface area contributed by atoms with Gasteiger partial charge in [-0.05, 0) is 33.1 Å². The highest BCUT2D eigenvalue weighted by atomic mass is 16.5. The second kappa shape index (κ2) is 4.77. The molecule has 0 bridgehead atoms. The SMILES string of the molecule is CC1OCCC1(C)N1CCNC2(CCCCC2)C1. The average Bonchev–Trinajstić information content (AvgIpc) is 2.72. The van der Waals surface area contributed by atoms with Gasteiger partial charge >= 0.3 is 0 Å². The Morgan fingerprint density at radius 3 is 2.61 bits per heavy atom. The highest BCUT2D eigenvalue weighted by Gasteiger charge is 2.47. The number of piperazine rings is 1. The molecule has 2 atom stereocenters. The lowest BCUT2D eigenvalue weighted by Gasteiger charge is -2.52. The molecule has 3 aliphatic rings. The normalized spacial score (nSPS) is 41.3. The average molecular weight is 252 g/mol. The monoisotopic (exact) mass is 252 g/mol. The summed E-state index contributed by atoms with van der Waals surface area (Å²) < 4.78 is 5.84. The van der Waals surface area contributed by atoms with Crippen LogP contribution in [0.4, 0.5) is 0 Å². The maximum Gasteiger partial charge on any atom is 0.0728 e. The number of hydrogen-bond donors (Lipinski definition) is 1. The Hall–Kier alpha value is -0.120. The van der Waals surface area contributed by atoms with Gasteiger partial charge in [-0.1, -0.05) is 19.3 Å². The van der Waals surface area contributed by atoms with Crippen molar-refractivity contribution >= 4 is 0 Å². The van der Waals surface area contributed by atoms with E-state index < -0.39 is 0 Å². The third-order valence-corrected chi connectivity index (χ3v) is 5.76. The largest absolute Gasteiger partial charge is 0.377 e. The molecule has 0 radical (unpaired) electrons. The highest BCUT2D eigenvalue weighted by Crippen LogP contribution is 2.37. The fraction of sp³-hybridized carbons (Fsp3) is 1.00. The van der Waals surface area contributed by atoms with Crippen LogP contribution in [0.5, 0.6) is 0 Å². The Balaban J connectivity index is 1.73. The number of hydrogen-bond acceptors (Lipinski definition) is 3. The van der Waals surface area contributed by atoms with E-state index in [-0.39, 0.29) is 5.54 Å². The molecule has 1 saturated carbocycles. The number of nitrogens with one attached hydrogen (secondary N) is 1. The Kier molecular flexibility index (Phi) is 3.41. The highest BCUT2D eigenvalue weighted by molar-refractivity contribution is 5.04. The molecule has 18 heavy (non-hydrogen) atoms. The molecular formula is C15H28N2O. The van der Waals surface area contributed by atoms with Gasteiger partial charge in [-0.25, -0.2) is 0 Å². The summed E-state index contributed by atoms with van der Waals surface area (Å²) in [5.74, 6) is 0. The van der Waals surface area contributed by atoms with E-state index in [1.54, 1.807) is 0 Å². The first-order valence-electron chi connectivity index (χ1n) is 7.76. The van der Waals surface area contributed by atoms with Crippen LogP contribution >= 0.6 is 0 Å². The summed E-state index contributed by atoms with van der Waals surface area (Å²) in [6, 6.07) is 0. The lowest BCUT2D eigenvalue weighted by molar-refractivity contribution is -0.0191. The fourth-order valence-electron chi connectivity index (χ4n) is 4.20. The van der Waals surface area contributed by atoms with Crippen LogP contribution in [-0.2, 0) is 4.74 Å². The molecule has 3 nitrogen and oxygen atoms in total. The Bertz CT molecular complexity index is 295. The third-order valence-electron chi connectivity index (χ3n) is 5.76. The van der Waals surface area contributed by atoms with Crippen molar-refractivity contribution in [1.29, 1.82) is 0 Å². The molecule has 104 valence electrons. The van der Waals surface area contributed by atoms with Crippen molar-refractivity contribution in [1.82, 2.24) is 10.2 Å². The van der Waals surface area contributed by atoms with E-state index in [0.717, 1.165) is 13.2 Å². The van der Waals surface area contributed by atoms with E-state index in [1.807, 2.05) is 0 Å². The summed E-state index contributed by atoms with van der Waals surface area (Å²) in [6.45, 7) is 9.18. The van der Waals surface area contributed by atoms with Crippen molar-refractivity contribution in [2.45, 2.75) is 69.6 Å². The van der Waals surface area contributed by atoms with E-state index >= 15 is 0 Å². The van der Waals surface area contributed by atoms with Crippen molar-refractivity contribution in [2.75, 3.05) is 26.2 Å². The quantitative estimate of drug-likeness (QED) is 0.774. The van der Waals surface area contributed by atoms with E-state index in [0.29, 0.717) is 11.6 Å². The summed E-state index contributed by atoms with van der Waals surface area (Å²) in [6.07, 6.45) is 8.57. The molecule has 2 heterocycles. The van der Waals surface area contributed by atoms with Crippen molar-refractivity contribution < 1.29 is 4.74 Å². The Morgan fingerprint density at radius 1 is 1.17 bits per heavy atom. The van der Waals surface area contributed by atoms with Gasteiger partial charge in [0.1, 0.15) is 0 Å². The zero-order chi connectivity index (χ0) is 12.6. The van der Waals surface area contributed by atoms with Crippen molar-refractivity contribution in [2.24, 2.45) is 0 Å². The second-order valence-electron chi connectivity index (χ2n) is 6.81. The molecule has 1 spiro atoms. The fourth-order valence-corrected chi connectivity index (χ4v) is 4.20. The second-order valence-corrected chi connectivity index (χ2v) is 6.81. The third kappa shape index (κ3) is 2.10. The van der Waals surface area contributed by atoms with Gasteiger partial charge in [-0.3, -0.25) is 4.90 Å². The predicted molar refractivity (Wildman–Crippen MR) is 73.8 cm³/mol. The minimum Gasteiger partial charge on any atom is -0.377 e. The van der Waals surface area contributed by atoms with Gasteiger partial charge in [0.25, 0.3) is 0 Å². The molecule has 3 fully saturated rings. The molecule has 2 aliphatic heterocycles. The minimum absolute atomic E-state index is 0.270. The summed E-state index contributed by atoms with van der Waals surface area (Å²) in [5.41, 5.74) is 0.689. The molecule has 0 aromatic rings. The molecule has 3 rings (SSSR count). The number of ether oxygens (including phenoxy) is 1. The smallest absolute Gasteiger partial charge is 0.0728 e. The molecule has 2 saturated heterocycles. The van der Waals surface area contributed by atoms with Gasteiger partial charge in [0.05, 0.1) is 6.10 Å². The van der Waals surface area contributed by atoms with Crippen LogP contribution < -0.4 is 5.32 Å². The van der Waals surface area contributed by atoms with Crippen molar-refractivity contribution in [3.05, 3.63) is 0 Å². The first-order valence-corrected chi connectivity index (χ1v) is 7.76. The molecule has 0 aromatic carbocycles. The van der Waals surface area contributed by atoms with Gasteiger partial charge < -0.3 is 10.1 Å². The molecule has 2 unspecified atom stereocenters. The van der Waals surface area contributed by atoms with E-state index in [1.165, 1.54) is 51.6 Å². The van der Waals surface area contributed by atoms with Gasteiger partial charge in [0, 0.05) is 37.3 Å². The van der Waals surface area contributed by atoms with Gasteiger partial charge in [-0.15, -0.1) is 0 Å². The lowest BCUT2D eigenvalue weighted by atomic mass is 9.78. The van der Waals surface area contributed by atoms with Gasteiger partial charge in [-0.2, -0.15) is 0 Å². The molecule has 0 amide bonds. The van der Waals surface area contributed by atoms with Crippen LogP contribution in [0.15, 0.2) is 0 Å². The van der Waals surface area contributed by atoms with E-state index in [4.69, 9.17) is 4.74 Å². The minimum atomic E-state index is 0.270. The molecule has 3 heteroatoms. The first kappa shape index (κ1) is 12.9. The maximum absolute atomic E-state index is 5.84. The zero-order valence-electron chi connectivity index (χ0n) is 12.0. The van der Waals surface area contributed by atoms with Crippen molar-refractivity contribution in [3.8, 4) is 0 Å². The van der Waals surface area contributed by atoms with Crippen LogP contribution in [0.2, 0.25) is 0 Å². The van der Waals surface area contributed by atoms with E-state index in [9.17, 15) is 0 Å². The molecule has 1 N–H and O–H groups in total. The van der Waals surface area contributed by atoms with Crippen LogP contribution in [-0.4, -0.2) is 48.3 Å². The standard InChI is InChI=1S/C15H28N2O/c1-13-14(2,8-11-18-13)17-10-9-16-15(12-17)6-4-3-5-7-15/h13,16H,3-12H2,1-2H3. The van der Waals surface area contributed by atoms with E-state index in [2.05, 4.69) is 24.1 Å². The Labute approximate surface area is 111 Å². The molecular weight excluding hydrogens is 224 g/mol. The summed E-state index contributed by atoms with van der Waals surface area (Å²) in [4.78, 5) is 2.73. The van der Waals surface area contributed by atoms with Crippen LogP contribution in [0.1, 0.15) is 52.4 Å². The maximum atomic E-state index is 5.84. The zero-order valence-corrected chi connectivity index (χ0v) is 12.0. The predicted octanol–water partition coefficient (Wildman–Crippen LogP) is 2.16. The van der Waals surface area contributed by atoms with Gasteiger partial charge in [0.15, 0.2) is 0 Å². The van der Waals surface area contributed by atoms with Crippen LogP contribution in [0.3, 0.4) is 0 Å². The summed E-state index contributed by atoms with van der Waals surface area (Å²) >= 11 is 0. The lowest BCUT2D eigenvalue weighted by Crippen LogP contribution is -2.66. The molecule has 0 aromatic heterocycles. The van der Waals surface area contributed by atoms with Gasteiger partial charge in [0.2, 0.25) is 0 Å². The summed E-state index contributed by atoms with van der Waals surface area (Å²) in [5, 5.41) is 3.84. The molecule has 1 aliphatic carbocycles. The van der Waals surface area contributed by atoms with Crippen molar-refractivity contribution in [3.63, 3.8) is 0 Å². The first-order chi connectivity index (χ1) is 8.65. The van der Waals surface area contributed by atoms with Crippen LogP contribution in [0.25, 0.3) is 0 Å². The number of rotatable bonds is 1. The Morgan fingerprint density at radius 2 is 1.94 bits per heavy atom. The number of nitrogens with zero attached hydrogens (tertiary/aromatic N) is 1. The topological polar surface area (TPSA) is 24.5 Å². The summed E-state index contributed by atoms with van der Waals surface area (Å²) in [7, 11) is 0. The van der Waals surface area contributed by atoms with Crippen LogP contribution in [0, 0.1) is 0 Å².